The number of hydrogen-bond acceptors (Lipinski definition) is 5. The van der Waals surface area contributed by atoms with Gasteiger partial charge in [0.1, 0.15) is 17.1 Å². The first kappa shape index (κ1) is 24.8. The molecule has 4 rings (SSSR count). The third-order valence-corrected chi connectivity index (χ3v) is 5.59. The summed E-state index contributed by atoms with van der Waals surface area (Å²) in [7, 11) is 1.60. The first-order valence-corrected chi connectivity index (χ1v) is 11.8. The molecule has 0 bridgehead atoms. The minimum atomic E-state index is -0.494. The lowest BCUT2D eigenvalue weighted by molar-refractivity contribution is 0.0910. The van der Waals surface area contributed by atoms with Crippen LogP contribution in [0.1, 0.15) is 40.9 Å². The molecule has 7 nitrogen and oxygen atoms in total. The van der Waals surface area contributed by atoms with Gasteiger partial charge in [0.25, 0.3) is 5.91 Å². The molecule has 2 aromatic heterocycles. The lowest BCUT2D eigenvalue weighted by Gasteiger charge is -2.19. The number of rotatable bonds is 8. The summed E-state index contributed by atoms with van der Waals surface area (Å²) in [5, 5.41) is 13.9. The summed E-state index contributed by atoms with van der Waals surface area (Å²) in [5.74, 6) is 7.01. The highest BCUT2D eigenvalue weighted by Gasteiger charge is 2.20. The van der Waals surface area contributed by atoms with Crippen molar-refractivity contribution < 1.29 is 19.4 Å². The van der Waals surface area contributed by atoms with Crippen LogP contribution >= 0.6 is 0 Å². The standard InChI is InChI=1S/C29H29N3O4/c1-19(2)36-27-13-11-20(10-12-21-7-4-5-9-26(21)35-3)15-25(27)29(34)32-23(18-33)16-22-17-31-28-24(22)8-6-14-30-28/h4-9,11,13-15,17,19,23,33H,16,18H2,1-3H3,(H,30,31)(H,32,34). The van der Waals surface area contributed by atoms with Gasteiger partial charge in [-0.3, -0.25) is 4.79 Å². The van der Waals surface area contributed by atoms with Gasteiger partial charge in [0.2, 0.25) is 0 Å². The van der Waals surface area contributed by atoms with Crippen molar-refractivity contribution in [3.8, 4) is 23.3 Å². The number of carbonyl (C=O) groups excluding carboxylic acids is 1. The molecule has 1 unspecified atom stereocenters. The molecule has 0 aliphatic carbocycles. The summed E-state index contributed by atoms with van der Waals surface area (Å²) in [6.07, 6.45) is 3.90. The Morgan fingerprint density at radius 3 is 2.72 bits per heavy atom. The molecule has 0 saturated carbocycles. The molecule has 4 aromatic rings. The van der Waals surface area contributed by atoms with Crippen molar-refractivity contribution in [2.45, 2.75) is 32.4 Å². The Bertz CT molecular complexity index is 1410. The van der Waals surface area contributed by atoms with Gasteiger partial charge in [-0.1, -0.05) is 24.0 Å². The molecule has 1 atom stereocenters. The van der Waals surface area contributed by atoms with Crippen LogP contribution < -0.4 is 14.8 Å². The molecule has 184 valence electrons. The lowest BCUT2D eigenvalue weighted by Crippen LogP contribution is -2.39. The normalized spacial score (nSPS) is 11.6. The Morgan fingerprint density at radius 2 is 1.94 bits per heavy atom. The number of H-pyrrole nitrogens is 1. The molecule has 1 amide bonds. The second-order valence-electron chi connectivity index (χ2n) is 8.60. The molecule has 3 N–H and O–H groups in total. The number of aliphatic hydroxyl groups is 1. The summed E-state index contributed by atoms with van der Waals surface area (Å²) in [4.78, 5) is 20.8. The average molecular weight is 484 g/mol. The van der Waals surface area contributed by atoms with E-state index in [1.54, 1.807) is 25.4 Å². The first-order chi connectivity index (χ1) is 17.5. The van der Waals surface area contributed by atoms with Gasteiger partial charge in [-0.05, 0) is 68.3 Å². The second-order valence-corrected chi connectivity index (χ2v) is 8.60. The highest BCUT2D eigenvalue weighted by atomic mass is 16.5. The van der Waals surface area contributed by atoms with Crippen LogP contribution in [0.25, 0.3) is 11.0 Å². The third-order valence-electron chi connectivity index (χ3n) is 5.59. The highest BCUT2D eigenvalue weighted by Crippen LogP contribution is 2.23. The fraction of sp³-hybridized carbons (Fsp3) is 0.241. The Labute approximate surface area is 210 Å². The van der Waals surface area contributed by atoms with Gasteiger partial charge in [-0.25, -0.2) is 4.98 Å². The van der Waals surface area contributed by atoms with E-state index in [4.69, 9.17) is 9.47 Å². The van der Waals surface area contributed by atoms with E-state index in [0.717, 1.165) is 22.2 Å². The van der Waals surface area contributed by atoms with Crippen molar-refractivity contribution in [1.29, 1.82) is 0 Å². The summed E-state index contributed by atoms with van der Waals surface area (Å²) < 4.78 is 11.3. The van der Waals surface area contributed by atoms with E-state index in [2.05, 4.69) is 27.1 Å². The van der Waals surface area contributed by atoms with E-state index >= 15 is 0 Å². The lowest BCUT2D eigenvalue weighted by atomic mass is 10.0. The van der Waals surface area contributed by atoms with Crippen molar-refractivity contribution in [1.82, 2.24) is 15.3 Å². The van der Waals surface area contributed by atoms with Crippen LogP contribution in [-0.2, 0) is 6.42 Å². The number of para-hydroxylation sites is 1. The molecular formula is C29H29N3O4. The van der Waals surface area contributed by atoms with Gasteiger partial charge in [0.15, 0.2) is 0 Å². The summed E-state index contributed by atoms with van der Waals surface area (Å²) in [6.45, 7) is 3.59. The first-order valence-electron chi connectivity index (χ1n) is 11.8. The second kappa shape index (κ2) is 11.4. The predicted octanol–water partition coefficient (Wildman–Crippen LogP) is 4.09. The number of pyridine rings is 1. The van der Waals surface area contributed by atoms with E-state index in [-0.39, 0.29) is 18.6 Å². The number of aliphatic hydroxyl groups excluding tert-OH is 1. The van der Waals surface area contributed by atoms with Crippen LogP contribution in [0.15, 0.2) is 67.0 Å². The Kier molecular flexibility index (Phi) is 7.89. The minimum absolute atomic E-state index is 0.116. The molecule has 2 aromatic carbocycles. The fourth-order valence-electron chi connectivity index (χ4n) is 3.90. The maximum absolute atomic E-state index is 13.3. The van der Waals surface area contributed by atoms with Gasteiger partial charge >= 0.3 is 0 Å². The van der Waals surface area contributed by atoms with Gasteiger partial charge < -0.3 is 24.9 Å². The van der Waals surface area contributed by atoms with Crippen LogP contribution in [-0.4, -0.2) is 46.8 Å². The van der Waals surface area contributed by atoms with Crippen LogP contribution in [0, 0.1) is 11.8 Å². The predicted molar refractivity (Wildman–Crippen MR) is 139 cm³/mol. The number of benzene rings is 2. The van der Waals surface area contributed by atoms with Crippen LogP contribution in [0.2, 0.25) is 0 Å². The summed E-state index contributed by atoms with van der Waals surface area (Å²) >= 11 is 0. The molecule has 2 heterocycles. The number of fused-ring (bicyclic) bond motifs is 1. The molecule has 0 aliphatic heterocycles. The average Bonchev–Trinajstić information content (AvgIpc) is 3.30. The number of carbonyl (C=O) groups is 1. The molecular weight excluding hydrogens is 454 g/mol. The van der Waals surface area contributed by atoms with Gasteiger partial charge in [0.05, 0.1) is 37.0 Å². The van der Waals surface area contributed by atoms with Gasteiger partial charge in [-0.15, -0.1) is 0 Å². The van der Waals surface area contributed by atoms with E-state index in [9.17, 15) is 9.90 Å². The maximum atomic E-state index is 13.3. The number of aromatic amines is 1. The van der Waals surface area contributed by atoms with Crippen molar-refractivity contribution in [3.63, 3.8) is 0 Å². The number of aromatic nitrogens is 2. The topological polar surface area (TPSA) is 96.5 Å². The zero-order valence-corrected chi connectivity index (χ0v) is 20.5. The SMILES string of the molecule is COc1ccccc1C#Cc1ccc(OC(C)C)c(C(=O)NC(CO)Cc2c[nH]c3ncccc23)c1. The minimum Gasteiger partial charge on any atom is -0.495 e. The molecule has 0 radical (unpaired) electrons. The largest absolute Gasteiger partial charge is 0.495 e. The van der Waals surface area contributed by atoms with Crippen molar-refractivity contribution in [2.24, 2.45) is 0 Å². The van der Waals surface area contributed by atoms with E-state index in [1.165, 1.54) is 0 Å². The van der Waals surface area contributed by atoms with Crippen LogP contribution in [0.3, 0.4) is 0 Å². The van der Waals surface area contributed by atoms with E-state index in [0.29, 0.717) is 29.0 Å². The number of nitrogens with zero attached hydrogens (tertiary/aromatic N) is 1. The Morgan fingerprint density at radius 1 is 1.11 bits per heavy atom. The Hall–Kier alpha value is -4.28. The molecule has 0 spiro atoms. The number of hydrogen-bond donors (Lipinski definition) is 3. The van der Waals surface area contributed by atoms with Gasteiger partial charge in [0, 0.05) is 23.3 Å². The van der Waals surface area contributed by atoms with Crippen LogP contribution in [0.5, 0.6) is 11.5 Å². The van der Waals surface area contributed by atoms with Crippen molar-refractivity contribution in [2.75, 3.05) is 13.7 Å². The number of methoxy groups -OCH3 is 1. The van der Waals surface area contributed by atoms with Crippen molar-refractivity contribution in [3.05, 3.63) is 89.2 Å². The van der Waals surface area contributed by atoms with Gasteiger partial charge in [-0.2, -0.15) is 0 Å². The van der Waals surface area contributed by atoms with Crippen molar-refractivity contribution >= 4 is 16.9 Å². The smallest absolute Gasteiger partial charge is 0.255 e. The fourth-order valence-corrected chi connectivity index (χ4v) is 3.90. The monoisotopic (exact) mass is 483 g/mol. The van der Waals surface area contributed by atoms with E-state index in [1.807, 2.05) is 62.5 Å². The maximum Gasteiger partial charge on any atom is 0.255 e. The quantitative estimate of drug-likeness (QED) is 0.328. The summed E-state index contributed by atoms with van der Waals surface area (Å²) in [6, 6.07) is 16.1. The third kappa shape index (κ3) is 5.85. The molecule has 36 heavy (non-hydrogen) atoms. The molecule has 0 aliphatic rings. The molecule has 7 heteroatoms. The zero-order chi connectivity index (χ0) is 25.5. The Balaban J connectivity index is 1.59. The van der Waals surface area contributed by atoms with Crippen LogP contribution in [0.4, 0.5) is 0 Å². The highest BCUT2D eigenvalue weighted by molar-refractivity contribution is 5.97. The molecule has 0 fully saturated rings. The zero-order valence-electron chi connectivity index (χ0n) is 20.5. The molecule has 0 saturated heterocycles. The summed E-state index contributed by atoms with van der Waals surface area (Å²) in [5.41, 5.74) is 3.50. The number of nitrogens with one attached hydrogen (secondary N) is 2. The van der Waals surface area contributed by atoms with E-state index < -0.39 is 6.04 Å². The number of ether oxygens (including phenoxy) is 2. The number of amides is 1.